The molecule has 0 fully saturated rings. The Labute approximate surface area is 155 Å². The Hall–Kier alpha value is -3.12. The molecule has 6 heteroatoms. The number of hydrogen-bond acceptors (Lipinski definition) is 4. The highest BCUT2D eigenvalue weighted by Crippen LogP contribution is 2.23. The largest absolute Gasteiger partial charge is 0.325 e. The van der Waals surface area contributed by atoms with Crippen LogP contribution >= 0.6 is 11.8 Å². The molecule has 1 amide bonds. The van der Waals surface area contributed by atoms with Gasteiger partial charge in [0.05, 0.1) is 11.4 Å². The van der Waals surface area contributed by atoms with Gasteiger partial charge >= 0.3 is 0 Å². The minimum absolute atomic E-state index is 0.0309. The molecule has 1 heterocycles. The van der Waals surface area contributed by atoms with Crippen LogP contribution in [0, 0.1) is 0 Å². The van der Waals surface area contributed by atoms with Gasteiger partial charge in [-0.15, -0.1) is 11.8 Å². The number of amides is 1. The predicted molar refractivity (Wildman–Crippen MR) is 105 cm³/mol. The van der Waals surface area contributed by atoms with Crippen molar-refractivity contribution in [2.24, 2.45) is 0 Å². The molecule has 0 aliphatic heterocycles. The number of nitrogens with zero attached hydrogens (tertiary/aromatic N) is 3. The molecule has 128 valence electrons. The van der Waals surface area contributed by atoms with Crippen molar-refractivity contribution in [3.8, 4) is 5.69 Å². The van der Waals surface area contributed by atoms with Gasteiger partial charge in [-0.1, -0.05) is 30.3 Å². The average molecular weight is 360 g/mol. The standard InChI is InChI=1S/C20H16N4OS/c25-20(12-26-19-10-5-15-3-1-2-4-16(15)11-19)23-17-6-8-18(9-7-17)24-14-21-13-22-24/h1-11,13-14H,12H2,(H,23,25). The minimum atomic E-state index is -0.0309. The van der Waals surface area contributed by atoms with E-state index >= 15 is 0 Å². The molecule has 0 saturated heterocycles. The molecule has 0 saturated carbocycles. The Bertz CT molecular complexity index is 1030. The van der Waals surface area contributed by atoms with Crippen molar-refractivity contribution in [2.45, 2.75) is 4.90 Å². The fourth-order valence-corrected chi connectivity index (χ4v) is 3.39. The van der Waals surface area contributed by atoms with Gasteiger partial charge in [-0.3, -0.25) is 4.79 Å². The monoisotopic (exact) mass is 360 g/mol. The summed E-state index contributed by atoms with van der Waals surface area (Å²) in [6.07, 6.45) is 3.12. The van der Waals surface area contributed by atoms with E-state index in [0.29, 0.717) is 5.75 Å². The highest BCUT2D eigenvalue weighted by atomic mass is 32.2. The van der Waals surface area contributed by atoms with Crippen LogP contribution in [0.5, 0.6) is 0 Å². The summed E-state index contributed by atoms with van der Waals surface area (Å²) in [5.41, 5.74) is 1.66. The maximum atomic E-state index is 12.2. The second kappa shape index (κ2) is 7.41. The maximum absolute atomic E-state index is 12.2. The zero-order chi connectivity index (χ0) is 17.8. The molecule has 1 aromatic heterocycles. The summed E-state index contributed by atoms with van der Waals surface area (Å²) < 4.78 is 1.67. The van der Waals surface area contributed by atoms with Crippen LogP contribution < -0.4 is 5.32 Å². The lowest BCUT2D eigenvalue weighted by Crippen LogP contribution is -2.13. The van der Waals surface area contributed by atoms with Crippen molar-refractivity contribution in [1.82, 2.24) is 14.8 Å². The predicted octanol–water partition coefficient (Wildman–Crippen LogP) is 4.15. The first-order valence-corrected chi connectivity index (χ1v) is 9.13. The summed E-state index contributed by atoms with van der Waals surface area (Å²) in [4.78, 5) is 17.2. The molecule has 0 aliphatic carbocycles. The van der Waals surface area contributed by atoms with E-state index in [1.807, 2.05) is 42.5 Å². The van der Waals surface area contributed by atoms with Crippen molar-refractivity contribution in [2.75, 3.05) is 11.1 Å². The number of anilines is 1. The lowest BCUT2D eigenvalue weighted by Gasteiger charge is -2.07. The van der Waals surface area contributed by atoms with Crippen LogP contribution in [-0.2, 0) is 4.79 Å². The van der Waals surface area contributed by atoms with Crippen LogP contribution in [0.4, 0.5) is 5.69 Å². The van der Waals surface area contributed by atoms with Gasteiger partial charge < -0.3 is 5.32 Å². The Morgan fingerprint density at radius 3 is 2.58 bits per heavy atom. The summed E-state index contributed by atoms with van der Waals surface area (Å²) >= 11 is 1.53. The number of aromatic nitrogens is 3. The Morgan fingerprint density at radius 2 is 1.81 bits per heavy atom. The van der Waals surface area contributed by atoms with Gasteiger partial charge in [-0.25, -0.2) is 9.67 Å². The first kappa shape index (κ1) is 16.4. The summed E-state index contributed by atoms with van der Waals surface area (Å²) in [7, 11) is 0. The zero-order valence-electron chi connectivity index (χ0n) is 13.9. The van der Waals surface area contributed by atoms with Crippen molar-refractivity contribution < 1.29 is 4.79 Å². The molecule has 4 aromatic rings. The summed E-state index contributed by atoms with van der Waals surface area (Å²) in [6, 6.07) is 21.9. The quantitative estimate of drug-likeness (QED) is 0.543. The second-order valence-electron chi connectivity index (χ2n) is 5.73. The van der Waals surface area contributed by atoms with E-state index in [4.69, 9.17) is 0 Å². The van der Waals surface area contributed by atoms with Crippen molar-refractivity contribution in [1.29, 1.82) is 0 Å². The molecule has 0 atom stereocenters. The van der Waals surface area contributed by atoms with Gasteiger partial charge in [0.2, 0.25) is 5.91 Å². The fourth-order valence-electron chi connectivity index (χ4n) is 2.64. The summed E-state index contributed by atoms with van der Waals surface area (Å²) in [6.45, 7) is 0. The summed E-state index contributed by atoms with van der Waals surface area (Å²) in [5.74, 6) is 0.333. The van der Waals surface area contributed by atoms with Crippen LogP contribution in [-0.4, -0.2) is 26.4 Å². The molecule has 1 N–H and O–H groups in total. The molecule has 3 aromatic carbocycles. The van der Waals surface area contributed by atoms with Crippen LogP contribution in [0.1, 0.15) is 0 Å². The molecule has 0 radical (unpaired) electrons. The summed E-state index contributed by atoms with van der Waals surface area (Å²) in [5, 5.41) is 9.38. The molecule has 0 unspecified atom stereocenters. The van der Waals surface area contributed by atoms with Crippen molar-refractivity contribution in [3.63, 3.8) is 0 Å². The van der Waals surface area contributed by atoms with E-state index in [-0.39, 0.29) is 5.91 Å². The lowest BCUT2D eigenvalue weighted by molar-refractivity contribution is -0.113. The van der Waals surface area contributed by atoms with Crippen LogP contribution in [0.2, 0.25) is 0 Å². The second-order valence-corrected chi connectivity index (χ2v) is 6.78. The highest BCUT2D eigenvalue weighted by Gasteiger charge is 2.05. The highest BCUT2D eigenvalue weighted by molar-refractivity contribution is 8.00. The molecule has 0 spiro atoms. The third-order valence-corrected chi connectivity index (χ3v) is 4.92. The SMILES string of the molecule is O=C(CSc1ccc2ccccc2c1)Nc1ccc(-n2cncn2)cc1. The van der Waals surface area contributed by atoms with Gasteiger partial charge in [0.1, 0.15) is 12.7 Å². The first-order valence-electron chi connectivity index (χ1n) is 8.14. The van der Waals surface area contributed by atoms with Crippen molar-refractivity contribution in [3.05, 3.63) is 79.4 Å². The molecule has 0 bridgehead atoms. The molecule has 0 aliphatic rings. The van der Waals surface area contributed by atoms with Crippen LogP contribution in [0.3, 0.4) is 0 Å². The number of nitrogens with one attached hydrogen (secondary N) is 1. The fraction of sp³-hybridized carbons (Fsp3) is 0.0500. The normalized spacial score (nSPS) is 10.8. The third kappa shape index (κ3) is 3.75. The van der Waals surface area contributed by atoms with Gasteiger partial charge in [0, 0.05) is 10.6 Å². The zero-order valence-corrected chi connectivity index (χ0v) is 14.7. The Kier molecular flexibility index (Phi) is 4.66. The minimum Gasteiger partial charge on any atom is -0.325 e. The molecular weight excluding hydrogens is 344 g/mol. The molecule has 4 rings (SSSR count). The van der Waals surface area contributed by atoms with E-state index in [0.717, 1.165) is 16.3 Å². The van der Waals surface area contributed by atoms with Crippen molar-refractivity contribution >= 4 is 34.1 Å². The smallest absolute Gasteiger partial charge is 0.234 e. The van der Waals surface area contributed by atoms with Gasteiger partial charge in [0.25, 0.3) is 0 Å². The lowest BCUT2D eigenvalue weighted by atomic mass is 10.1. The molecule has 5 nitrogen and oxygen atoms in total. The van der Waals surface area contributed by atoms with E-state index in [1.54, 1.807) is 11.0 Å². The molecular formula is C20H16N4OS. The topological polar surface area (TPSA) is 59.8 Å². The first-order chi connectivity index (χ1) is 12.8. The number of fused-ring (bicyclic) bond motifs is 1. The van der Waals surface area contributed by atoms with E-state index < -0.39 is 0 Å². The van der Waals surface area contributed by atoms with Gasteiger partial charge in [-0.2, -0.15) is 5.10 Å². The number of carbonyl (C=O) groups is 1. The van der Waals surface area contributed by atoms with Crippen LogP contribution in [0.15, 0.2) is 84.3 Å². The van der Waals surface area contributed by atoms with E-state index in [1.165, 1.54) is 28.9 Å². The van der Waals surface area contributed by atoms with E-state index in [9.17, 15) is 4.79 Å². The van der Waals surface area contributed by atoms with Gasteiger partial charge in [-0.05, 0) is 47.2 Å². The number of hydrogen-bond donors (Lipinski definition) is 1. The number of carbonyl (C=O) groups excluding carboxylic acids is 1. The maximum Gasteiger partial charge on any atom is 0.234 e. The number of rotatable bonds is 5. The van der Waals surface area contributed by atoms with Gasteiger partial charge in [0.15, 0.2) is 0 Å². The Balaban J connectivity index is 1.36. The average Bonchev–Trinajstić information content (AvgIpc) is 3.22. The number of thioether (sulfide) groups is 1. The Morgan fingerprint density at radius 1 is 1.00 bits per heavy atom. The van der Waals surface area contributed by atoms with Crippen LogP contribution in [0.25, 0.3) is 16.5 Å². The number of benzene rings is 3. The molecule has 26 heavy (non-hydrogen) atoms. The van der Waals surface area contributed by atoms with E-state index in [2.05, 4.69) is 39.7 Å². The third-order valence-electron chi connectivity index (χ3n) is 3.93.